The fourth-order valence-corrected chi connectivity index (χ4v) is 3.18. The van der Waals surface area contributed by atoms with Crippen molar-refractivity contribution >= 4 is 11.6 Å². The molecule has 1 heterocycles. The topological polar surface area (TPSA) is 61.8 Å². The van der Waals surface area contributed by atoms with Crippen LogP contribution < -0.4 is 15.0 Å². The van der Waals surface area contributed by atoms with E-state index < -0.39 is 6.10 Å². The second-order valence-electron chi connectivity index (χ2n) is 6.70. The number of hydrogen-bond acceptors (Lipinski definition) is 4. The Bertz CT molecular complexity index is 712. The summed E-state index contributed by atoms with van der Waals surface area (Å²) in [4.78, 5) is 14.5. The predicted octanol–water partition coefficient (Wildman–Crippen LogP) is 2.52. The van der Waals surface area contributed by atoms with Gasteiger partial charge in [0.2, 0.25) is 0 Å². The zero-order valence-electron chi connectivity index (χ0n) is 15.1. The smallest absolute Gasteiger partial charge is 0.252 e. The van der Waals surface area contributed by atoms with E-state index in [1.165, 1.54) is 5.69 Å². The Morgan fingerprint density at radius 2 is 1.81 bits per heavy atom. The molecule has 2 aromatic rings. The first-order valence-electron chi connectivity index (χ1n) is 9.10. The van der Waals surface area contributed by atoms with Gasteiger partial charge in [0.15, 0.2) is 6.10 Å². The van der Waals surface area contributed by atoms with Crippen molar-refractivity contribution in [2.45, 2.75) is 31.9 Å². The van der Waals surface area contributed by atoms with Gasteiger partial charge in [-0.3, -0.25) is 4.79 Å². The molecule has 138 valence electrons. The molecule has 5 heteroatoms. The van der Waals surface area contributed by atoms with E-state index in [2.05, 4.69) is 22.3 Å². The van der Waals surface area contributed by atoms with Crippen molar-refractivity contribution in [1.82, 2.24) is 5.32 Å². The summed E-state index contributed by atoms with van der Waals surface area (Å²) in [5.74, 6) is 0.326. The Balaban J connectivity index is 1.43. The van der Waals surface area contributed by atoms with Gasteiger partial charge in [-0.2, -0.15) is 0 Å². The van der Waals surface area contributed by atoms with Crippen LogP contribution in [0.2, 0.25) is 0 Å². The van der Waals surface area contributed by atoms with Gasteiger partial charge in [-0.1, -0.05) is 36.4 Å². The van der Waals surface area contributed by atoms with E-state index in [4.69, 9.17) is 4.74 Å². The number of piperidine rings is 1. The molecule has 0 aliphatic carbocycles. The minimum atomic E-state index is -1.17. The second-order valence-corrected chi connectivity index (χ2v) is 6.70. The molecule has 1 unspecified atom stereocenters. The largest absolute Gasteiger partial charge is 0.490 e. The SMILES string of the molecule is Cc1ccccc1OCC(O)C(=O)NC1CCN(c2ccccc2)CC1. The molecule has 2 aromatic carbocycles. The third-order valence-corrected chi connectivity index (χ3v) is 4.76. The zero-order chi connectivity index (χ0) is 18.4. The Kier molecular flexibility index (Phi) is 6.12. The van der Waals surface area contributed by atoms with E-state index >= 15 is 0 Å². The molecule has 3 rings (SSSR count). The van der Waals surface area contributed by atoms with Crippen molar-refractivity contribution in [2.75, 3.05) is 24.6 Å². The molecular weight excluding hydrogens is 328 g/mol. The summed E-state index contributed by atoms with van der Waals surface area (Å²) in [5.41, 5.74) is 2.19. The molecule has 1 saturated heterocycles. The molecule has 2 N–H and O–H groups in total. The van der Waals surface area contributed by atoms with Crippen LogP contribution in [0.3, 0.4) is 0 Å². The van der Waals surface area contributed by atoms with Crippen molar-refractivity contribution in [3.05, 3.63) is 60.2 Å². The normalized spacial score (nSPS) is 16.2. The van der Waals surface area contributed by atoms with Gasteiger partial charge in [-0.15, -0.1) is 0 Å². The van der Waals surface area contributed by atoms with E-state index in [1.54, 1.807) is 0 Å². The summed E-state index contributed by atoms with van der Waals surface area (Å²) in [7, 11) is 0. The highest BCUT2D eigenvalue weighted by atomic mass is 16.5. The van der Waals surface area contributed by atoms with Crippen molar-refractivity contribution in [3.8, 4) is 5.75 Å². The Labute approximate surface area is 154 Å². The molecule has 0 saturated carbocycles. The van der Waals surface area contributed by atoms with Crippen LogP contribution in [-0.2, 0) is 4.79 Å². The summed E-state index contributed by atoms with van der Waals surface area (Å²) >= 11 is 0. The Hall–Kier alpha value is -2.53. The maximum Gasteiger partial charge on any atom is 0.252 e. The summed E-state index contributed by atoms with van der Waals surface area (Å²) in [6.07, 6.45) is 0.569. The van der Waals surface area contributed by atoms with E-state index in [9.17, 15) is 9.90 Å². The summed E-state index contributed by atoms with van der Waals surface area (Å²) in [5, 5.41) is 13.0. The molecule has 1 atom stereocenters. The minimum absolute atomic E-state index is 0.0421. The number of carbonyl (C=O) groups is 1. The van der Waals surface area contributed by atoms with Crippen LogP contribution in [-0.4, -0.2) is 42.9 Å². The van der Waals surface area contributed by atoms with Gasteiger partial charge in [0.1, 0.15) is 12.4 Å². The van der Waals surface area contributed by atoms with Crippen LogP contribution in [0, 0.1) is 6.92 Å². The lowest BCUT2D eigenvalue weighted by Gasteiger charge is -2.34. The molecule has 0 spiro atoms. The van der Waals surface area contributed by atoms with Crippen molar-refractivity contribution in [2.24, 2.45) is 0 Å². The number of benzene rings is 2. The van der Waals surface area contributed by atoms with Crippen LogP contribution in [0.1, 0.15) is 18.4 Å². The standard InChI is InChI=1S/C21H26N2O3/c1-16-7-5-6-10-20(16)26-15-19(24)21(25)22-17-11-13-23(14-12-17)18-8-3-2-4-9-18/h2-10,17,19,24H,11-15H2,1H3,(H,22,25). The lowest BCUT2D eigenvalue weighted by atomic mass is 10.0. The molecule has 1 fully saturated rings. The number of para-hydroxylation sites is 2. The molecule has 1 amide bonds. The third-order valence-electron chi connectivity index (χ3n) is 4.76. The molecule has 1 aliphatic heterocycles. The van der Waals surface area contributed by atoms with Gasteiger partial charge in [0.05, 0.1) is 0 Å². The quantitative estimate of drug-likeness (QED) is 0.837. The fourth-order valence-electron chi connectivity index (χ4n) is 3.18. The monoisotopic (exact) mass is 354 g/mol. The van der Waals surface area contributed by atoms with E-state index in [0.717, 1.165) is 31.5 Å². The Morgan fingerprint density at radius 1 is 1.15 bits per heavy atom. The molecule has 0 radical (unpaired) electrons. The zero-order valence-corrected chi connectivity index (χ0v) is 15.1. The van der Waals surface area contributed by atoms with Crippen LogP contribution in [0.25, 0.3) is 0 Å². The number of aliphatic hydroxyl groups is 1. The average Bonchev–Trinajstić information content (AvgIpc) is 2.68. The number of aliphatic hydroxyl groups excluding tert-OH is 1. The van der Waals surface area contributed by atoms with Crippen LogP contribution in [0.15, 0.2) is 54.6 Å². The summed E-state index contributed by atoms with van der Waals surface area (Å²) in [6, 6.07) is 17.9. The number of anilines is 1. The minimum Gasteiger partial charge on any atom is -0.490 e. The highest BCUT2D eigenvalue weighted by molar-refractivity contribution is 5.81. The first kappa shape index (κ1) is 18.3. The molecular formula is C21H26N2O3. The van der Waals surface area contributed by atoms with E-state index in [-0.39, 0.29) is 18.6 Å². The fraction of sp³-hybridized carbons (Fsp3) is 0.381. The van der Waals surface area contributed by atoms with E-state index in [0.29, 0.717) is 5.75 Å². The van der Waals surface area contributed by atoms with Gasteiger partial charge in [0.25, 0.3) is 5.91 Å². The van der Waals surface area contributed by atoms with Crippen LogP contribution in [0.4, 0.5) is 5.69 Å². The first-order chi connectivity index (χ1) is 12.6. The number of aryl methyl sites for hydroxylation is 1. The first-order valence-corrected chi connectivity index (χ1v) is 9.10. The van der Waals surface area contributed by atoms with E-state index in [1.807, 2.05) is 49.4 Å². The lowest BCUT2D eigenvalue weighted by Crippen LogP contribution is -2.48. The number of nitrogens with zero attached hydrogens (tertiary/aromatic N) is 1. The van der Waals surface area contributed by atoms with Crippen LogP contribution in [0.5, 0.6) is 5.75 Å². The Morgan fingerprint density at radius 3 is 2.50 bits per heavy atom. The molecule has 0 bridgehead atoms. The van der Waals surface area contributed by atoms with Crippen LogP contribution >= 0.6 is 0 Å². The van der Waals surface area contributed by atoms with Gasteiger partial charge in [-0.05, 0) is 43.5 Å². The van der Waals surface area contributed by atoms with Crippen molar-refractivity contribution in [1.29, 1.82) is 0 Å². The maximum atomic E-state index is 12.2. The molecule has 5 nitrogen and oxygen atoms in total. The second kappa shape index (κ2) is 8.72. The van der Waals surface area contributed by atoms with Gasteiger partial charge >= 0.3 is 0 Å². The van der Waals surface area contributed by atoms with Gasteiger partial charge < -0.3 is 20.1 Å². The highest BCUT2D eigenvalue weighted by Gasteiger charge is 2.24. The summed E-state index contributed by atoms with van der Waals surface area (Å²) in [6.45, 7) is 3.68. The van der Waals surface area contributed by atoms with Gasteiger partial charge in [-0.25, -0.2) is 0 Å². The lowest BCUT2D eigenvalue weighted by molar-refractivity contribution is -0.131. The highest BCUT2D eigenvalue weighted by Crippen LogP contribution is 2.20. The average molecular weight is 354 g/mol. The maximum absolute atomic E-state index is 12.2. The van der Waals surface area contributed by atoms with Crippen molar-refractivity contribution < 1.29 is 14.6 Å². The molecule has 1 aliphatic rings. The summed E-state index contributed by atoms with van der Waals surface area (Å²) < 4.78 is 5.56. The third kappa shape index (κ3) is 4.76. The number of ether oxygens (including phenoxy) is 1. The number of nitrogens with one attached hydrogen (secondary N) is 1. The molecule has 0 aromatic heterocycles. The number of hydrogen-bond donors (Lipinski definition) is 2. The number of carbonyl (C=O) groups excluding carboxylic acids is 1. The predicted molar refractivity (Wildman–Crippen MR) is 103 cm³/mol. The number of rotatable bonds is 6. The molecule has 26 heavy (non-hydrogen) atoms. The van der Waals surface area contributed by atoms with Gasteiger partial charge in [0, 0.05) is 24.8 Å². The van der Waals surface area contributed by atoms with Crippen molar-refractivity contribution in [3.63, 3.8) is 0 Å². The number of amides is 1.